The fraction of sp³-hybridized carbons (Fsp3) is 0.556. The van der Waals surface area contributed by atoms with Gasteiger partial charge in [-0.25, -0.2) is 4.79 Å². The molecule has 14 heavy (non-hydrogen) atoms. The molecule has 0 unspecified atom stereocenters. The van der Waals surface area contributed by atoms with E-state index >= 15 is 0 Å². The van der Waals surface area contributed by atoms with Gasteiger partial charge in [0, 0.05) is 12.7 Å². The minimum atomic E-state index is -0.965. The first-order valence-electron chi connectivity index (χ1n) is 4.76. The standard InChI is InChI=1S/C9H13N3O2/c13-9(14)8-3-5-12(11-8)7-2-1-4-10-6-7/h3,5,7,10H,1-2,4,6H2,(H,13,14)/t7-/m1/s1. The molecule has 2 N–H and O–H groups in total. The Balaban J connectivity index is 2.11. The zero-order valence-corrected chi connectivity index (χ0v) is 7.81. The van der Waals surface area contributed by atoms with Crippen molar-refractivity contribution in [3.63, 3.8) is 0 Å². The van der Waals surface area contributed by atoms with Crippen LogP contribution in [-0.4, -0.2) is 33.9 Å². The highest BCUT2D eigenvalue weighted by Gasteiger charge is 2.16. The third-order valence-corrected chi connectivity index (χ3v) is 2.47. The second-order valence-corrected chi connectivity index (χ2v) is 3.49. The molecule has 1 fully saturated rings. The molecule has 1 aromatic heterocycles. The van der Waals surface area contributed by atoms with E-state index in [1.54, 1.807) is 10.9 Å². The van der Waals surface area contributed by atoms with Gasteiger partial charge in [0.1, 0.15) is 0 Å². The molecule has 1 aromatic rings. The van der Waals surface area contributed by atoms with Gasteiger partial charge in [-0.2, -0.15) is 5.10 Å². The molecule has 5 heteroatoms. The van der Waals surface area contributed by atoms with Crippen molar-refractivity contribution < 1.29 is 9.90 Å². The van der Waals surface area contributed by atoms with Gasteiger partial charge in [0.25, 0.3) is 0 Å². The largest absolute Gasteiger partial charge is 0.476 e. The Morgan fingerprint density at radius 3 is 3.14 bits per heavy atom. The van der Waals surface area contributed by atoms with Crippen LogP contribution in [0.15, 0.2) is 12.3 Å². The van der Waals surface area contributed by atoms with Gasteiger partial charge in [-0.1, -0.05) is 0 Å². The van der Waals surface area contributed by atoms with E-state index < -0.39 is 5.97 Å². The molecule has 0 aliphatic carbocycles. The number of carboxylic acids is 1. The van der Waals surface area contributed by atoms with E-state index in [0.717, 1.165) is 25.9 Å². The van der Waals surface area contributed by atoms with Crippen LogP contribution in [0.3, 0.4) is 0 Å². The van der Waals surface area contributed by atoms with E-state index in [0.29, 0.717) is 6.04 Å². The van der Waals surface area contributed by atoms with Crippen LogP contribution in [0.5, 0.6) is 0 Å². The first-order valence-corrected chi connectivity index (χ1v) is 4.76. The molecule has 0 spiro atoms. The molecule has 1 aliphatic heterocycles. The molecule has 5 nitrogen and oxygen atoms in total. The summed E-state index contributed by atoms with van der Waals surface area (Å²) < 4.78 is 1.75. The number of hydrogen-bond acceptors (Lipinski definition) is 3. The van der Waals surface area contributed by atoms with Crippen LogP contribution in [0.1, 0.15) is 29.4 Å². The van der Waals surface area contributed by atoms with Gasteiger partial charge in [0.2, 0.25) is 0 Å². The Bertz CT molecular complexity index is 329. The number of piperidine rings is 1. The smallest absolute Gasteiger partial charge is 0.356 e. The number of nitrogens with one attached hydrogen (secondary N) is 1. The molecule has 1 saturated heterocycles. The zero-order valence-electron chi connectivity index (χ0n) is 7.81. The van der Waals surface area contributed by atoms with E-state index in [2.05, 4.69) is 10.4 Å². The van der Waals surface area contributed by atoms with Gasteiger partial charge in [-0.15, -0.1) is 0 Å². The first kappa shape index (κ1) is 9.21. The maximum Gasteiger partial charge on any atom is 0.356 e. The summed E-state index contributed by atoms with van der Waals surface area (Å²) in [6.07, 6.45) is 3.92. The Morgan fingerprint density at radius 1 is 1.71 bits per heavy atom. The maximum atomic E-state index is 10.6. The highest BCUT2D eigenvalue weighted by atomic mass is 16.4. The van der Waals surface area contributed by atoms with Crippen molar-refractivity contribution in [3.8, 4) is 0 Å². The Morgan fingerprint density at radius 2 is 2.57 bits per heavy atom. The minimum Gasteiger partial charge on any atom is -0.476 e. The summed E-state index contributed by atoms with van der Waals surface area (Å²) in [5.41, 5.74) is 0.121. The van der Waals surface area contributed by atoms with Gasteiger partial charge in [-0.3, -0.25) is 4.68 Å². The molecule has 0 aromatic carbocycles. The van der Waals surface area contributed by atoms with Crippen molar-refractivity contribution in [1.29, 1.82) is 0 Å². The third kappa shape index (κ3) is 1.77. The third-order valence-electron chi connectivity index (χ3n) is 2.47. The second kappa shape index (κ2) is 3.79. The number of nitrogens with zero attached hydrogens (tertiary/aromatic N) is 2. The SMILES string of the molecule is O=C(O)c1ccn([C@@H]2CCCNC2)n1. The molecule has 76 valence electrons. The van der Waals surface area contributed by atoms with Crippen LogP contribution < -0.4 is 5.32 Å². The summed E-state index contributed by atoms with van der Waals surface area (Å²) in [5, 5.41) is 16.0. The Hall–Kier alpha value is -1.36. The molecule has 1 aliphatic rings. The molecular formula is C9H13N3O2. The van der Waals surface area contributed by atoms with E-state index in [1.807, 2.05) is 0 Å². The predicted molar refractivity (Wildman–Crippen MR) is 50.3 cm³/mol. The van der Waals surface area contributed by atoms with Crippen LogP contribution in [-0.2, 0) is 0 Å². The number of aromatic nitrogens is 2. The fourth-order valence-electron chi connectivity index (χ4n) is 1.71. The van der Waals surface area contributed by atoms with E-state index in [4.69, 9.17) is 5.11 Å². The van der Waals surface area contributed by atoms with Crippen molar-refractivity contribution in [2.75, 3.05) is 13.1 Å². The van der Waals surface area contributed by atoms with Crippen molar-refractivity contribution in [3.05, 3.63) is 18.0 Å². The molecule has 0 amide bonds. The number of aromatic carboxylic acids is 1. The molecule has 2 heterocycles. The van der Waals surface area contributed by atoms with Crippen LogP contribution in [0.4, 0.5) is 0 Å². The van der Waals surface area contributed by atoms with E-state index in [-0.39, 0.29) is 5.69 Å². The molecular weight excluding hydrogens is 182 g/mol. The molecule has 0 bridgehead atoms. The number of rotatable bonds is 2. The van der Waals surface area contributed by atoms with Crippen molar-refractivity contribution >= 4 is 5.97 Å². The van der Waals surface area contributed by atoms with E-state index in [9.17, 15) is 4.79 Å². The second-order valence-electron chi connectivity index (χ2n) is 3.49. The zero-order chi connectivity index (χ0) is 9.97. The Kier molecular flexibility index (Phi) is 2.49. The normalized spacial score (nSPS) is 22.1. The summed E-state index contributed by atoms with van der Waals surface area (Å²) >= 11 is 0. The van der Waals surface area contributed by atoms with Gasteiger partial charge < -0.3 is 10.4 Å². The quantitative estimate of drug-likeness (QED) is 0.721. The molecule has 0 saturated carbocycles. The lowest BCUT2D eigenvalue weighted by Gasteiger charge is -2.22. The number of carboxylic acid groups (broad SMARTS) is 1. The van der Waals surface area contributed by atoms with Crippen molar-refractivity contribution in [1.82, 2.24) is 15.1 Å². The first-order chi connectivity index (χ1) is 6.77. The lowest BCUT2D eigenvalue weighted by Crippen LogP contribution is -2.31. The highest BCUT2D eigenvalue weighted by molar-refractivity contribution is 5.85. The van der Waals surface area contributed by atoms with Gasteiger partial charge in [0.15, 0.2) is 5.69 Å². The number of carbonyl (C=O) groups is 1. The summed E-state index contributed by atoms with van der Waals surface area (Å²) in [7, 11) is 0. The van der Waals surface area contributed by atoms with Crippen LogP contribution >= 0.6 is 0 Å². The fourth-order valence-corrected chi connectivity index (χ4v) is 1.71. The predicted octanol–water partition coefficient (Wildman–Crippen LogP) is 0.506. The lowest BCUT2D eigenvalue weighted by molar-refractivity contribution is 0.0689. The monoisotopic (exact) mass is 195 g/mol. The maximum absolute atomic E-state index is 10.6. The van der Waals surface area contributed by atoms with E-state index in [1.165, 1.54) is 6.07 Å². The summed E-state index contributed by atoms with van der Waals surface area (Å²) in [4.78, 5) is 10.6. The summed E-state index contributed by atoms with van der Waals surface area (Å²) in [6.45, 7) is 1.92. The summed E-state index contributed by atoms with van der Waals surface area (Å²) in [6, 6.07) is 1.84. The molecule has 0 radical (unpaired) electrons. The van der Waals surface area contributed by atoms with Crippen molar-refractivity contribution in [2.45, 2.75) is 18.9 Å². The van der Waals surface area contributed by atoms with Gasteiger partial charge in [-0.05, 0) is 25.5 Å². The van der Waals surface area contributed by atoms with Crippen molar-refractivity contribution in [2.24, 2.45) is 0 Å². The summed E-state index contributed by atoms with van der Waals surface area (Å²) in [5.74, 6) is -0.965. The van der Waals surface area contributed by atoms with Crippen LogP contribution in [0, 0.1) is 0 Å². The molecule has 2 rings (SSSR count). The highest BCUT2D eigenvalue weighted by Crippen LogP contribution is 2.15. The molecule has 1 atom stereocenters. The van der Waals surface area contributed by atoms with Crippen LogP contribution in [0.25, 0.3) is 0 Å². The Labute approximate surface area is 81.7 Å². The average Bonchev–Trinajstić information content (AvgIpc) is 2.68. The minimum absolute atomic E-state index is 0.121. The van der Waals surface area contributed by atoms with Gasteiger partial charge >= 0.3 is 5.97 Å². The average molecular weight is 195 g/mol. The van der Waals surface area contributed by atoms with Gasteiger partial charge in [0.05, 0.1) is 6.04 Å². The lowest BCUT2D eigenvalue weighted by atomic mass is 10.1. The number of hydrogen-bond donors (Lipinski definition) is 2. The van der Waals surface area contributed by atoms with Crippen LogP contribution in [0.2, 0.25) is 0 Å². The topological polar surface area (TPSA) is 67.2 Å².